The minimum absolute atomic E-state index is 0.120. The van der Waals surface area contributed by atoms with Gasteiger partial charge in [-0.25, -0.2) is 13.9 Å². The van der Waals surface area contributed by atoms with Gasteiger partial charge in [0.1, 0.15) is 11.3 Å². The smallest absolute Gasteiger partial charge is 0.338 e. The van der Waals surface area contributed by atoms with E-state index in [4.69, 9.17) is 16.3 Å². The summed E-state index contributed by atoms with van der Waals surface area (Å²) >= 11 is 5.68. The van der Waals surface area contributed by atoms with Gasteiger partial charge in [-0.05, 0) is 50.2 Å². The number of hydrogen-bond acceptors (Lipinski definition) is 5. The van der Waals surface area contributed by atoms with Crippen molar-refractivity contribution in [1.29, 1.82) is 0 Å². The first-order valence-electron chi connectivity index (χ1n) is 8.19. The number of fused-ring (bicyclic) bond motifs is 1. The van der Waals surface area contributed by atoms with Gasteiger partial charge >= 0.3 is 5.97 Å². The fourth-order valence-electron chi connectivity index (χ4n) is 2.43. The van der Waals surface area contributed by atoms with Crippen LogP contribution >= 0.6 is 11.6 Å². The average molecular weight is 391 g/mol. The predicted octanol–water partition coefficient (Wildman–Crippen LogP) is 3.43. The Morgan fingerprint density at radius 1 is 1.30 bits per heavy atom. The zero-order valence-electron chi connectivity index (χ0n) is 14.6. The monoisotopic (exact) mass is 390 g/mol. The fourth-order valence-corrected chi connectivity index (χ4v) is 2.61. The van der Waals surface area contributed by atoms with E-state index >= 15 is 0 Å². The van der Waals surface area contributed by atoms with Crippen LogP contribution in [0.3, 0.4) is 0 Å². The van der Waals surface area contributed by atoms with Gasteiger partial charge in [0.2, 0.25) is 0 Å². The van der Waals surface area contributed by atoms with Crippen molar-refractivity contribution in [3.63, 3.8) is 0 Å². The molecule has 0 bridgehead atoms. The quantitative estimate of drug-likeness (QED) is 0.674. The Bertz CT molecular complexity index is 1020. The molecule has 0 radical (unpaired) electrons. The van der Waals surface area contributed by atoms with Gasteiger partial charge < -0.3 is 10.1 Å². The molecule has 0 aliphatic carbocycles. The maximum absolute atomic E-state index is 13.2. The van der Waals surface area contributed by atoms with E-state index in [0.717, 1.165) is 11.6 Å². The summed E-state index contributed by atoms with van der Waals surface area (Å²) in [6, 6.07) is 8.63. The van der Waals surface area contributed by atoms with Crippen molar-refractivity contribution in [3.8, 4) is 0 Å². The number of halogens is 2. The Kier molecular flexibility index (Phi) is 5.36. The lowest BCUT2D eigenvalue weighted by Gasteiger charge is -2.14. The van der Waals surface area contributed by atoms with Crippen molar-refractivity contribution in [1.82, 2.24) is 15.0 Å². The highest BCUT2D eigenvalue weighted by molar-refractivity contribution is 6.31. The summed E-state index contributed by atoms with van der Waals surface area (Å²) in [5, 5.41) is 10.4. The van der Waals surface area contributed by atoms with Gasteiger partial charge in [-0.15, -0.1) is 5.10 Å². The van der Waals surface area contributed by atoms with Crippen LogP contribution in [0.15, 0.2) is 36.4 Å². The Morgan fingerprint density at radius 2 is 2.07 bits per heavy atom. The van der Waals surface area contributed by atoms with E-state index in [9.17, 15) is 14.0 Å². The number of benzene rings is 2. The lowest BCUT2D eigenvalue weighted by atomic mass is 10.2. The van der Waals surface area contributed by atoms with Crippen molar-refractivity contribution >= 4 is 40.2 Å². The first kappa shape index (κ1) is 18.8. The zero-order chi connectivity index (χ0) is 19.6. The number of aromatic nitrogens is 3. The molecule has 0 saturated heterocycles. The van der Waals surface area contributed by atoms with Gasteiger partial charge in [-0.1, -0.05) is 16.8 Å². The van der Waals surface area contributed by atoms with Crippen LogP contribution in [0.1, 0.15) is 24.2 Å². The fraction of sp³-hybridized carbons (Fsp3) is 0.222. The third-order valence-electron chi connectivity index (χ3n) is 3.89. The van der Waals surface area contributed by atoms with Crippen molar-refractivity contribution in [2.75, 3.05) is 5.32 Å². The Labute approximate surface area is 159 Å². The summed E-state index contributed by atoms with van der Waals surface area (Å²) in [6.07, 6.45) is -1.07. The van der Waals surface area contributed by atoms with Crippen molar-refractivity contribution in [3.05, 3.63) is 52.8 Å². The molecule has 140 valence electrons. The van der Waals surface area contributed by atoms with Crippen LogP contribution in [-0.4, -0.2) is 33.0 Å². The van der Waals surface area contributed by atoms with Crippen LogP contribution in [0.4, 0.5) is 10.1 Å². The van der Waals surface area contributed by atoms with Crippen LogP contribution in [0, 0.1) is 5.82 Å². The highest BCUT2D eigenvalue weighted by atomic mass is 35.5. The molecule has 1 aromatic heterocycles. The summed E-state index contributed by atoms with van der Waals surface area (Å²) in [6.45, 7) is 4.03. The number of amides is 1. The number of hydrogen-bond donors (Lipinski definition) is 1. The molecule has 0 aliphatic rings. The molecule has 3 aromatic rings. The third kappa shape index (κ3) is 4.06. The number of aryl methyl sites for hydroxylation is 1. The van der Waals surface area contributed by atoms with Gasteiger partial charge in [-0.3, -0.25) is 4.79 Å². The van der Waals surface area contributed by atoms with E-state index < -0.39 is 23.8 Å². The number of nitrogens with zero attached hydrogens (tertiary/aromatic N) is 3. The number of anilines is 1. The standard InChI is InChI=1S/C18H16ClFN4O3/c1-3-24-16-7-4-11(8-15(16)22-23-24)18(26)27-10(2)17(25)21-12-5-6-14(20)13(19)9-12/h4-10H,3H2,1-2H3,(H,21,25)/t10-/m1/s1. The molecular weight excluding hydrogens is 375 g/mol. The number of carbonyl (C=O) groups excluding carboxylic acids is 2. The lowest BCUT2D eigenvalue weighted by Crippen LogP contribution is -2.30. The van der Waals surface area contributed by atoms with E-state index in [-0.39, 0.29) is 10.6 Å². The molecule has 7 nitrogen and oxygen atoms in total. The summed E-state index contributed by atoms with van der Waals surface area (Å²) in [5.74, 6) is -1.82. The Hall–Kier alpha value is -3.00. The molecule has 1 heterocycles. The van der Waals surface area contributed by atoms with E-state index in [1.54, 1.807) is 22.9 Å². The van der Waals surface area contributed by atoms with Gasteiger partial charge in [0, 0.05) is 12.2 Å². The second-order valence-corrected chi connectivity index (χ2v) is 6.18. The molecule has 3 rings (SSSR count). The van der Waals surface area contributed by atoms with Crippen LogP contribution < -0.4 is 5.32 Å². The summed E-state index contributed by atoms with van der Waals surface area (Å²) in [4.78, 5) is 24.5. The van der Waals surface area contributed by atoms with Crippen LogP contribution in [0.25, 0.3) is 11.0 Å². The highest BCUT2D eigenvalue weighted by Crippen LogP contribution is 2.20. The predicted molar refractivity (Wildman–Crippen MR) is 98.1 cm³/mol. The molecule has 27 heavy (non-hydrogen) atoms. The van der Waals surface area contributed by atoms with E-state index in [1.807, 2.05) is 6.92 Å². The molecule has 1 amide bonds. The van der Waals surface area contributed by atoms with Gasteiger partial charge in [0.05, 0.1) is 16.1 Å². The van der Waals surface area contributed by atoms with E-state index in [1.165, 1.54) is 19.1 Å². The normalized spacial score (nSPS) is 12.0. The molecule has 0 unspecified atom stereocenters. The number of esters is 1. The second-order valence-electron chi connectivity index (χ2n) is 5.77. The molecule has 0 saturated carbocycles. The molecule has 1 N–H and O–H groups in total. The van der Waals surface area contributed by atoms with E-state index in [2.05, 4.69) is 15.6 Å². The van der Waals surface area contributed by atoms with E-state index in [0.29, 0.717) is 17.7 Å². The summed E-state index contributed by atoms with van der Waals surface area (Å²) in [5.41, 5.74) is 1.92. The number of rotatable bonds is 5. The van der Waals surface area contributed by atoms with Gasteiger partial charge in [0.25, 0.3) is 5.91 Å². The molecule has 0 aliphatic heterocycles. The minimum atomic E-state index is -1.07. The molecule has 9 heteroatoms. The third-order valence-corrected chi connectivity index (χ3v) is 4.18. The number of carbonyl (C=O) groups is 2. The topological polar surface area (TPSA) is 86.1 Å². The van der Waals surface area contributed by atoms with Crippen molar-refractivity contribution < 1.29 is 18.7 Å². The minimum Gasteiger partial charge on any atom is -0.449 e. The maximum Gasteiger partial charge on any atom is 0.338 e. The zero-order valence-corrected chi connectivity index (χ0v) is 15.3. The van der Waals surface area contributed by atoms with Gasteiger partial charge in [0.15, 0.2) is 6.10 Å². The van der Waals surface area contributed by atoms with Crippen LogP contribution in [0.2, 0.25) is 5.02 Å². The Balaban J connectivity index is 1.67. The number of ether oxygens (including phenoxy) is 1. The summed E-state index contributed by atoms with van der Waals surface area (Å²) in [7, 11) is 0. The lowest BCUT2D eigenvalue weighted by molar-refractivity contribution is -0.123. The maximum atomic E-state index is 13.2. The summed E-state index contributed by atoms with van der Waals surface area (Å²) < 4.78 is 20.1. The largest absolute Gasteiger partial charge is 0.449 e. The molecule has 2 aromatic carbocycles. The number of nitrogens with one attached hydrogen (secondary N) is 1. The molecule has 0 spiro atoms. The first-order valence-corrected chi connectivity index (χ1v) is 8.57. The van der Waals surface area contributed by atoms with Crippen molar-refractivity contribution in [2.24, 2.45) is 0 Å². The van der Waals surface area contributed by atoms with Crippen molar-refractivity contribution in [2.45, 2.75) is 26.5 Å². The second kappa shape index (κ2) is 7.71. The Morgan fingerprint density at radius 3 is 2.78 bits per heavy atom. The SMILES string of the molecule is CCn1nnc2cc(C(=O)O[C@H](C)C(=O)Nc3ccc(F)c(Cl)c3)ccc21. The first-order chi connectivity index (χ1) is 12.9. The molecular formula is C18H16ClFN4O3. The average Bonchev–Trinajstić information content (AvgIpc) is 3.06. The van der Waals surface area contributed by atoms with Crippen LogP contribution in [0.5, 0.6) is 0 Å². The molecule has 0 fully saturated rings. The van der Waals surface area contributed by atoms with Crippen LogP contribution in [-0.2, 0) is 16.1 Å². The molecule has 1 atom stereocenters. The highest BCUT2D eigenvalue weighted by Gasteiger charge is 2.20. The van der Waals surface area contributed by atoms with Gasteiger partial charge in [-0.2, -0.15) is 0 Å².